The summed E-state index contributed by atoms with van der Waals surface area (Å²) in [5.41, 5.74) is 1.51. The molecule has 2 fully saturated rings. The molecule has 1 saturated carbocycles. The molecule has 2 aromatic rings. The molecule has 7 nitrogen and oxygen atoms in total. The zero-order valence-corrected chi connectivity index (χ0v) is 22.2. The second-order valence-electron chi connectivity index (χ2n) is 11.0. The highest BCUT2D eigenvalue weighted by Crippen LogP contribution is 2.68. The second kappa shape index (κ2) is 9.37. The minimum absolute atomic E-state index is 0.0518. The van der Waals surface area contributed by atoms with Crippen LogP contribution in [0.5, 0.6) is 0 Å². The lowest BCUT2D eigenvalue weighted by Gasteiger charge is -2.31. The molecule has 1 aliphatic heterocycles. The second-order valence-corrected chi connectivity index (χ2v) is 11.9. The first kappa shape index (κ1) is 25.4. The number of likely N-dealkylation sites (tertiary alicyclic amines) is 1. The van der Waals surface area contributed by atoms with Crippen molar-refractivity contribution in [2.45, 2.75) is 66.4 Å². The smallest absolute Gasteiger partial charge is 0.338 e. The monoisotopic (exact) mass is 497 g/mol. The lowest BCUT2D eigenvalue weighted by molar-refractivity contribution is -0.134. The van der Waals surface area contributed by atoms with E-state index in [9.17, 15) is 14.4 Å². The van der Waals surface area contributed by atoms with E-state index in [0.29, 0.717) is 16.9 Å². The van der Waals surface area contributed by atoms with Crippen LogP contribution in [0.4, 0.5) is 5.69 Å². The molecule has 1 aromatic carbocycles. The Kier molecular flexibility index (Phi) is 6.79. The van der Waals surface area contributed by atoms with Gasteiger partial charge in [-0.15, -0.1) is 11.3 Å². The van der Waals surface area contributed by atoms with Crippen LogP contribution in [0.1, 0.15) is 86.2 Å². The predicted molar refractivity (Wildman–Crippen MR) is 137 cm³/mol. The predicted octanol–water partition coefficient (Wildman–Crippen LogP) is 5.35. The summed E-state index contributed by atoms with van der Waals surface area (Å²) >= 11 is 1.50. The number of nitrogens with one attached hydrogen (secondary N) is 1. The number of ether oxygens (including phenoxy) is 1. The summed E-state index contributed by atoms with van der Waals surface area (Å²) < 4.78 is 5.18. The highest BCUT2D eigenvalue weighted by Gasteiger charge is 2.68. The SMILES string of the molecule is CC(C)OC(=O)c1ccc(NC(=O)c2csc(C3CCN(C(=O)C4C(C)(C)C4(C)C)CC3)n2)cc1. The highest BCUT2D eigenvalue weighted by molar-refractivity contribution is 7.10. The van der Waals surface area contributed by atoms with E-state index in [1.165, 1.54) is 11.3 Å². The van der Waals surface area contributed by atoms with Crippen LogP contribution < -0.4 is 5.32 Å². The van der Waals surface area contributed by atoms with Gasteiger partial charge < -0.3 is 15.0 Å². The van der Waals surface area contributed by atoms with Gasteiger partial charge in [0.25, 0.3) is 5.91 Å². The maximum atomic E-state index is 13.0. The fraction of sp³-hybridized carbons (Fsp3) is 0.556. The number of nitrogens with zero attached hydrogens (tertiary/aromatic N) is 2. The molecule has 0 atom stereocenters. The lowest BCUT2D eigenvalue weighted by Crippen LogP contribution is -2.39. The van der Waals surface area contributed by atoms with Crippen molar-refractivity contribution in [1.29, 1.82) is 0 Å². The van der Waals surface area contributed by atoms with Crippen molar-refractivity contribution < 1.29 is 19.1 Å². The van der Waals surface area contributed by atoms with Crippen LogP contribution >= 0.6 is 11.3 Å². The number of anilines is 1. The standard InChI is InChI=1S/C27H35N3O4S/c1-16(2)34-25(33)18-7-9-19(10-8-18)28-22(31)20-15-35-23(29-20)17-11-13-30(14-12-17)24(32)21-26(3,4)27(21,5)6/h7-10,15-17,21H,11-14H2,1-6H3,(H,28,31). The summed E-state index contributed by atoms with van der Waals surface area (Å²) in [5.74, 6) is -0.0370. The van der Waals surface area contributed by atoms with Crippen LogP contribution in [0.3, 0.4) is 0 Å². The van der Waals surface area contributed by atoms with Gasteiger partial charge >= 0.3 is 5.97 Å². The topological polar surface area (TPSA) is 88.6 Å². The van der Waals surface area contributed by atoms with E-state index in [1.54, 1.807) is 43.5 Å². The number of carbonyl (C=O) groups is 3. The van der Waals surface area contributed by atoms with Gasteiger partial charge in [-0.05, 0) is 61.8 Å². The van der Waals surface area contributed by atoms with Crippen molar-refractivity contribution in [3.05, 3.63) is 45.9 Å². The van der Waals surface area contributed by atoms with Gasteiger partial charge in [0.15, 0.2) is 0 Å². The summed E-state index contributed by atoms with van der Waals surface area (Å²) in [7, 11) is 0. The van der Waals surface area contributed by atoms with Gasteiger partial charge in [0, 0.05) is 36.0 Å². The first-order chi connectivity index (χ1) is 16.4. The van der Waals surface area contributed by atoms with Crippen LogP contribution in [0.25, 0.3) is 0 Å². The number of hydrogen-bond acceptors (Lipinski definition) is 6. The van der Waals surface area contributed by atoms with E-state index in [1.807, 2.05) is 4.90 Å². The Morgan fingerprint density at radius 3 is 2.20 bits per heavy atom. The quantitative estimate of drug-likeness (QED) is 0.544. The minimum atomic E-state index is -0.390. The van der Waals surface area contributed by atoms with Crippen LogP contribution in [0, 0.1) is 16.7 Å². The van der Waals surface area contributed by atoms with Crippen molar-refractivity contribution in [3.63, 3.8) is 0 Å². The molecular weight excluding hydrogens is 462 g/mol. The van der Waals surface area contributed by atoms with Crippen LogP contribution in [-0.2, 0) is 9.53 Å². The Bertz CT molecular complexity index is 1100. The molecule has 1 saturated heterocycles. The molecule has 2 heterocycles. The Labute approximate surface area is 211 Å². The molecule has 1 aliphatic carbocycles. The molecule has 0 bridgehead atoms. The zero-order chi connectivity index (χ0) is 25.5. The molecule has 188 valence electrons. The molecule has 35 heavy (non-hydrogen) atoms. The Balaban J connectivity index is 1.31. The van der Waals surface area contributed by atoms with Crippen molar-refractivity contribution >= 4 is 34.8 Å². The third-order valence-corrected chi connectivity index (χ3v) is 8.91. The average molecular weight is 498 g/mol. The molecule has 4 rings (SSSR count). The number of carbonyl (C=O) groups excluding carboxylic acids is 3. The average Bonchev–Trinajstić information content (AvgIpc) is 3.13. The van der Waals surface area contributed by atoms with Gasteiger partial charge in [0.2, 0.25) is 5.91 Å². The van der Waals surface area contributed by atoms with Crippen molar-refractivity contribution in [2.75, 3.05) is 18.4 Å². The van der Waals surface area contributed by atoms with Crippen LogP contribution in [-0.4, -0.2) is 46.9 Å². The third-order valence-electron chi connectivity index (χ3n) is 7.90. The van der Waals surface area contributed by atoms with Crippen LogP contribution in [0.15, 0.2) is 29.6 Å². The maximum Gasteiger partial charge on any atom is 0.338 e. The van der Waals surface area contributed by atoms with Crippen molar-refractivity contribution in [1.82, 2.24) is 9.88 Å². The van der Waals surface area contributed by atoms with E-state index in [-0.39, 0.29) is 46.6 Å². The molecule has 2 amide bonds. The molecule has 0 spiro atoms. The zero-order valence-electron chi connectivity index (χ0n) is 21.4. The van der Waals surface area contributed by atoms with Gasteiger partial charge in [-0.25, -0.2) is 9.78 Å². The number of esters is 1. The lowest BCUT2D eigenvalue weighted by atomic mass is 9.96. The first-order valence-corrected chi connectivity index (χ1v) is 13.2. The Hall–Kier alpha value is -2.74. The Morgan fingerprint density at radius 2 is 1.66 bits per heavy atom. The number of aromatic nitrogens is 1. The summed E-state index contributed by atoms with van der Waals surface area (Å²) in [5, 5.41) is 5.57. The number of rotatable bonds is 6. The van der Waals surface area contributed by atoms with E-state index in [4.69, 9.17) is 4.74 Å². The number of amides is 2. The molecule has 0 unspecified atom stereocenters. The maximum absolute atomic E-state index is 13.0. The first-order valence-electron chi connectivity index (χ1n) is 12.3. The Morgan fingerprint density at radius 1 is 1.06 bits per heavy atom. The number of piperidine rings is 1. The molecule has 0 radical (unpaired) electrons. The van der Waals surface area contributed by atoms with E-state index in [0.717, 1.165) is 30.9 Å². The van der Waals surface area contributed by atoms with Crippen molar-refractivity contribution in [3.8, 4) is 0 Å². The number of benzene rings is 1. The van der Waals surface area contributed by atoms with E-state index < -0.39 is 0 Å². The molecule has 2 aliphatic rings. The highest BCUT2D eigenvalue weighted by atomic mass is 32.1. The normalized spacial score (nSPS) is 19.5. The van der Waals surface area contributed by atoms with Gasteiger partial charge in [-0.1, -0.05) is 27.7 Å². The fourth-order valence-corrected chi connectivity index (χ4v) is 6.06. The summed E-state index contributed by atoms with van der Waals surface area (Å²) in [6, 6.07) is 6.62. The minimum Gasteiger partial charge on any atom is -0.459 e. The number of hydrogen-bond donors (Lipinski definition) is 1. The van der Waals surface area contributed by atoms with E-state index in [2.05, 4.69) is 38.0 Å². The van der Waals surface area contributed by atoms with Crippen molar-refractivity contribution in [2.24, 2.45) is 16.7 Å². The molecular formula is C27H35N3O4S. The van der Waals surface area contributed by atoms with Gasteiger partial charge in [-0.3, -0.25) is 9.59 Å². The van der Waals surface area contributed by atoms with Gasteiger partial charge in [-0.2, -0.15) is 0 Å². The number of thiazole rings is 1. The summed E-state index contributed by atoms with van der Waals surface area (Å²) in [6.45, 7) is 13.8. The van der Waals surface area contributed by atoms with Gasteiger partial charge in [0.05, 0.1) is 16.7 Å². The summed E-state index contributed by atoms with van der Waals surface area (Å²) in [6.07, 6.45) is 1.54. The summed E-state index contributed by atoms with van der Waals surface area (Å²) in [4.78, 5) is 44.3. The molecule has 8 heteroatoms. The van der Waals surface area contributed by atoms with E-state index >= 15 is 0 Å². The molecule has 1 aromatic heterocycles. The third kappa shape index (κ3) is 4.99. The van der Waals surface area contributed by atoms with Crippen LogP contribution in [0.2, 0.25) is 0 Å². The molecule has 1 N–H and O–H groups in total. The fourth-order valence-electron chi connectivity index (χ4n) is 5.09. The largest absolute Gasteiger partial charge is 0.459 e. The van der Waals surface area contributed by atoms with Gasteiger partial charge in [0.1, 0.15) is 5.69 Å².